The van der Waals surface area contributed by atoms with Crippen molar-refractivity contribution in [3.63, 3.8) is 0 Å². The third-order valence-corrected chi connectivity index (χ3v) is 6.90. The summed E-state index contributed by atoms with van der Waals surface area (Å²) in [5, 5.41) is 14.0. The van der Waals surface area contributed by atoms with E-state index in [4.69, 9.17) is 19.3 Å². The summed E-state index contributed by atoms with van der Waals surface area (Å²) >= 11 is 1.73. The van der Waals surface area contributed by atoms with Crippen molar-refractivity contribution in [2.24, 2.45) is 5.18 Å². The molecule has 3 aromatic rings. The maximum absolute atomic E-state index is 10.3. The van der Waals surface area contributed by atoms with E-state index in [2.05, 4.69) is 29.3 Å². The van der Waals surface area contributed by atoms with E-state index in [0.29, 0.717) is 23.8 Å². The Morgan fingerprint density at radius 3 is 2.42 bits per heavy atom. The van der Waals surface area contributed by atoms with Crippen molar-refractivity contribution in [3.05, 3.63) is 130 Å². The standard InChI is InChI=1S/C22H22O3S.C9H11NO2/c1-17-7-10-21(24-14-18-5-3-2-4-6-18)15-26-22(13-17)19-8-11-20(12-9-19)25-16-23;1-3-7-4-5-8(10-11)9(6-7)12-2/h2-12,15,22-23H,1,13-14,16H2;4-6H,3H2,1-2H3/b10-7-,21-15+;/t22-;/m0./s1. The van der Waals surface area contributed by atoms with Crippen LogP contribution in [0.25, 0.3) is 0 Å². The normalized spacial score (nSPS) is 17.0. The van der Waals surface area contributed by atoms with Crippen LogP contribution in [0, 0.1) is 4.91 Å². The summed E-state index contributed by atoms with van der Waals surface area (Å²) in [6.07, 6.45) is 5.79. The van der Waals surface area contributed by atoms with Crippen molar-refractivity contribution in [1.29, 1.82) is 0 Å². The summed E-state index contributed by atoms with van der Waals surface area (Å²) in [4.78, 5) is 10.3. The molecule has 1 aliphatic heterocycles. The van der Waals surface area contributed by atoms with Crippen LogP contribution in [-0.4, -0.2) is 19.0 Å². The number of nitrogens with zero attached hydrogens (tertiary/aromatic N) is 1. The molecule has 3 aromatic carbocycles. The van der Waals surface area contributed by atoms with Gasteiger partial charge in [-0.15, -0.1) is 16.7 Å². The number of aliphatic hydroxyl groups is 1. The fourth-order valence-corrected chi connectivity index (χ4v) is 4.70. The number of methoxy groups -OCH3 is 1. The highest BCUT2D eigenvalue weighted by atomic mass is 32.2. The second-order valence-corrected chi connectivity index (χ2v) is 9.49. The Balaban J connectivity index is 0.000000279. The molecule has 0 amide bonds. The first-order valence-electron chi connectivity index (χ1n) is 12.3. The van der Waals surface area contributed by atoms with Gasteiger partial charge in [0.1, 0.15) is 29.6 Å². The van der Waals surface area contributed by atoms with E-state index < -0.39 is 0 Å². The second-order valence-electron chi connectivity index (χ2n) is 8.41. The van der Waals surface area contributed by atoms with Crippen LogP contribution in [0.1, 0.15) is 35.3 Å². The fraction of sp³-hybridized carbons (Fsp3) is 0.226. The Morgan fingerprint density at radius 2 is 1.76 bits per heavy atom. The number of aryl methyl sites for hydroxylation is 1. The van der Waals surface area contributed by atoms with E-state index in [-0.39, 0.29) is 12.0 Å². The molecular formula is C31H33NO5S. The van der Waals surface area contributed by atoms with E-state index in [1.54, 1.807) is 17.8 Å². The topological polar surface area (TPSA) is 77.4 Å². The molecule has 6 nitrogen and oxygen atoms in total. The minimum atomic E-state index is -0.315. The third kappa shape index (κ3) is 8.94. The smallest absolute Gasteiger partial charge is 0.186 e. The number of ether oxygens (including phenoxy) is 3. The van der Waals surface area contributed by atoms with E-state index in [0.717, 1.165) is 35.3 Å². The van der Waals surface area contributed by atoms with Gasteiger partial charge < -0.3 is 19.3 Å². The molecule has 0 radical (unpaired) electrons. The van der Waals surface area contributed by atoms with Gasteiger partial charge in [0.05, 0.1) is 7.11 Å². The zero-order valence-corrected chi connectivity index (χ0v) is 22.5. The van der Waals surface area contributed by atoms with Gasteiger partial charge in [-0.3, -0.25) is 0 Å². The first-order valence-corrected chi connectivity index (χ1v) is 13.2. The second kappa shape index (κ2) is 15.4. The molecule has 4 rings (SSSR count). The van der Waals surface area contributed by atoms with Crippen molar-refractivity contribution in [2.75, 3.05) is 13.9 Å². The van der Waals surface area contributed by atoms with Gasteiger partial charge in [-0.2, -0.15) is 0 Å². The van der Waals surface area contributed by atoms with Gasteiger partial charge in [-0.25, -0.2) is 0 Å². The summed E-state index contributed by atoms with van der Waals surface area (Å²) in [6.45, 7) is 6.42. The van der Waals surface area contributed by atoms with E-state index in [1.807, 2.05) is 73.7 Å². The summed E-state index contributed by atoms with van der Waals surface area (Å²) in [7, 11) is 1.53. The molecule has 0 saturated heterocycles. The maximum atomic E-state index is 10.3. The quantitative estimate of drug-likeness (QED) is 0.223. The van der Waals surface area contributed by atoms with Gasteiger partial charge in [0.2, 0.25) is 0 Å². The van der Waals surface area contributed by atoms with Gasteiger partial charge >= 0.3 is 0 Å². The molecule has 0 spiro atoms. The number of thioether (sulfide) groups is 1. The lowest BCUT2D eigenvalue weighted by Crippen LogP contribution is -1.99. The SMILES string of the molecule is C=C1/C=C\C(OCc2ccccc2)=C/S[C@H](c2ccc(OCO)cc2)C1.CCc1ccc(N=O)c(OC)c1. The molecule has 0 aromatic heterocycles. The first kappa shape index (κ1) is 28.8. The summed E-state index contributed by atoms with van der Waals surface area (Å²) < 4.78 is 16.0. The Hall–Kier alpha value is -3.81. The molecule has 1 N–H and O–H groups in total. The first-order chi connectivity index (χ1) is 18.6. The van der Waals surface area contributed by atoms with Gasteiger partial charge in [0.15, 0.2) is 6.79 Å². The number of hydrogen-bond acceptors (Lipinski definition) is 7. The number of aliphatic hydroxyl groups excluding tert-OH is 1. The average molecular weight is 532 g/mol. The van der Waals surface area contributed by atoms with E-state index >= 15 is 0 Å². The fourth-order valence-electron chi connectivity index (χ4n) is 3.63. The number of allylic oxidation sites excluding steroid dienone is 3. The number of nitroso groups, excluding NO2 is 1. The van der Waals surface area contributed by atoms with Crippen LogP contribution in [0.3, 0.4) is 0 Å². The van der Waals surface area contributed by atoms with Crippen LogP contribution in [0.2, 0.25) is 0 Å². The molecule has 1 atom stereocenters. The lowest BCUT2D eigenvalue weighted by molar-refractivity contribution is 0.0985. The number of rotatable bonds is 9. The lowest BCUT2D eigenvalue weighted by atomic mass is 10.0. The van der Waals surface area contributed by atoms with Crippen LogP contribution in [0.15, 0.2) is 113 Å². The average Bonchev–Trinajstić information content (AvgIpc) is 2.96. The largest absolute Gasteiger partial charge is 0.494 e. The highest BCUT2D eigenvalue weighted by molar-refractivity contribution is 8.02. The molecule has 0 unspecified atom stereocenters. The predicted octanol–water partition coefficient (Wildman–Crippen LogP) is 8.02. The third-order valence-electron chi connectivity index (χ3n) is 5.76. The zero-order valence-electron chi connectivity index (χ0n) is 21.7. The minimum Gasteiger partial charge on any atom is -0.494 e. The molecule has 0 bridgehead atoms. The minimum absolute atomic E-state index is 0.256. The predicted molar refractivity (Wildman–Crippen MR) is 155 cm³/mol. The Bertz CT molecular complexity index is 1240. The molecule has 7 heteroatoms. The molecule has 38 heavy (non-hydrogen) atoms. The van der Waals surface area contributed by atoms with Crippen LogP contribution in [-0.2, 0) is 17.8 Å². The van der Waals surface area contributed by atoms with Crippen LogP contribution >= 0.6 is 11.8 Å². The van der Waals surface area contributed by atoms with Gasteiger partial charge in [-0.1, -0.05) is 73.7 Å². The van der Waals surface area contributed by atoms with Crippen molar-refractivity contribution < 1.29 is 19.3 Å². The monoisotopic (exact) mass is 531 g/mol. The Kier molecular flexibility index (Phi) is 11.7. The molecule has 0 saturated carbocycles. The summed E-state index contributed by atoms with van der Waals surface area (Å²) in [5.41, 5.74) is 4.89. The molecule has 0 aliphatic carbocycles. The molecule has 0 fully saturated rings. The van der Waals surface area contributed by atoms with Gasteiger partial charge in [0, 0.05) is 10.7 Å². The Morgan fingerprint density at radius 1 is 1.00 bits per heavy atom. The van der Waals surface area contributed by atoms with Crippen LogP contribution in [0.4, 0.5) is 5.69 Å². The summed E-state index contributed by atoms with van der Waals surface area (Å²) in [5.74, 6) is 2.04. The summed E-state index contributed by atoms with van der Waals surface area (Å²) in [6, 6.07) is 23.3. The highest BCUT2D eigenvalue weighted by Gasteiger charge is 2.15. The molecule has 1 aliphatic rings. The lowest BCUT2D eigenvalue weighted by Gasteiger charge is -2.19. The van der Waals surface area contributed by atoms with E-state index in [9.17, 15) is 4.91 Å². The van der Waals surface area contributed by atoms with Crippen molar-refractivity contribution in [2.45, 2.75) is 31.6 Å². The molecular weight excluding hydrogens is 498 g/mol. The number of benzene rings is 3. The van der Waals surface area contributed by atoms with Crippen LogP contribution < -0.4 is 9.47 Å². The maximum Gasteiger partial charge on any atom is 0.186 e. The molecule has 198 valence electrons. The number of hydrogen-bond donors (Lipinski definition) is 1. The highest BCUT2D eigenvalue weighted by Crippen LogP contribution is 2.38. The van der Waals surface area contributed by atoms with Crippen molar-refractivity contribution in [3.8, 4) is 11.5 Å². The van der Waals surface area contributed by atoms with Crippen molar-refractivity contribution in [1.82, 2.24) is 0 Å². The van der Waals surface area contributed by atoms with E-state index in [1.165, 1.54) is 12.7 Å². The Labute approximate surface area is 228 Å². The zero-order chi connectivity index (χ0) is 27.2. The van der Waals surface area contributed by atoms with Gasteiger partial charge in [0.25, 0.3) is 0 Å². The van der Waals surface area contributed by atoms with Gasteiger partial charge in [-0.05, 0) is 65.1 Å². The van der Waals surface area contributed by atoms with Crippen molar-refractivity contribution >= 4 is 17.4 Å². The van der Waals surface area contributed by atoms with Crippen LogP contribution in [0.5, 0.6) is 11.5 Å². The molecule has 1 heterocycles.